The third kappa shape index (κ3) is 2.28. The van der Waals surface area contributed by atoms with Crippen molar-refractivity contribution >= 4 is 27.0 Å². The van der Waals surface area contributed by atoms with Crippen molar-refractivity contribution in [2.24, 2.45) is 17.8 Å². The summed E-state index contributed by atoms with van der Waals surface area (Å²) in [6, 6.07) is 15.4. The zero-order valence-electron chi connectivity index (χ0n) is 15.9. The average molecular weight is 404 g/mol. The third-order valence-electron chi connectivity index (χ3n) is 6.61. The maximum Gasteiger partial charge on any atom is 0.192 e. The SMILES string of the molecule is Cc1ccc(S(=O)(=O)[C@@]23C(=O)C(c4ccccc4)=CC(=O)[C@@H]2[C@@H]2C=C[C@H]3C2)cc1. The van der Waals surface area contributed by atoms with Crippen LogP contribution in [0, 0.1) is 24.7 Å². The Labute approximate surface area is 169 Å². The van der Waals surface area contributed by atoms with Gasteiger partial charge >= 0.3 is 0 Å². The van der Waals surface area contributed by atoms with Crippen molar-refractivity contribution in [3.63, 3.8) is 0 Å². The number of Topliss-reactive ketones (excluding diaryl/α,β-unsaturated/α-hetero) is 1. The Morgan fingerprint density at radius 3 is 2.31 bits per heavy atom. The number of allylic oxidation sites excluding steroid dienone is 4. The van der Waals surface area contributed by atoms with Crippen LogP contribution in [0.1, 0.15) is 17.5 Å². The summed E-state index contributed by atoms with van der Waals surface area (Å²) in [5.41, 5.74) is 1.71. The second-order valence-electron chi connectivity index (χ2n) is 8.13. The average Bonchev–Trinajstić information content (AvgIpc) is 3.33. The molecule has 0 heterocycles. The van der Waals surface area contributed by atoms with Crippen LogP contribution < -0.4 is 0 Å². The summed E-state index contributed by atoms with van der Waals surface area (Å²) in [5, 5.41) is 0. The molecule has 4 nitrogen and oxygen atoms in total. The highest BCUT2D eigenvalue weighted by Gasteiger charge is 2.71. The second kappa shape index (κ2) is 6.10. The first-order valence-electron chi connectivity index (χ1n) is 9.73. The lowest BCUT2D eigenvalue weighted by molar-refractivity contribution is -0.127. The highest BCUT2D eigenvalue weighted by atomic mass is 32.2. The van der Waals surface area contributed by atoms with Crippen molar-refractivity contribution in [1.29, 1.82) is 0 Å². The minimum atomic E-state index is -4.09. The van der Waals surface area contributed by atoms with Crippen LogP contribution in [0.4, 0.5) is 0 Å². The zero-order chi connectivity index (χ0) is 20.4. The lowest BCUT2D eigenvalue weighted by Gasteiger charge is -2.41. The normalized spacial score (nSPS) is 30.4. The highest BCUT2D eigenvalue weighted by molar-refractivity contribution is 7.93. The number of ketones is 2. The molecule has 0 unspecified atom stereocenters. The summed E-state index contributed by atoms with van der Waals surface area (Å²) in [6.45, 7) is 1.88. The number of rotatable bonds is 3. The molecular weight excluding hydrogens is 384 g/mol. The lowest BCUT2D eigenvalue weighted by atomic mass is 9.70. The molecule has 5 rings (SSSR count). The van der Waals surface area contributed by atoms with E-state index in [0.717, 1.165) is 5.56 Å². The van der Waals surface area contributed by atoms with Crippen LogP contribution >= 0.6 is 0 Å². The van der Waals surface area contributed by atoms with Crippen LogP contribution in [0.15, 0.2) is 77.7 Å². The standard InChI is InChI=1S/C24H20O4S/c1-15-7-11-19(12-8-15)29(27,28)24-18-10-9-17(13-18)22(24)21(25)14-20(23(24)26)16-5-3-2-4-6-16/h2-12,14,17-18,22H,13H2,1H3/t17-,18+,22+,24-/m1/s1. The quantitative estimate of drug-likeness (QED) is 0.734. The molecule has 3 aliphatic carbocycles. The number of carbonyl (C=O) groups excluding carboxylic acids is 2. The van der Waals surface area contributed by atoms with E-state index >= 15 is 0 Å². The monoisotopic (exact) mass is 404 g/mol. The number of carbonyl (C=O) groups is 2. The van der Waals surface area contributed by atoms with Gasteiger partial charge in [-0.25, -0.2) is 8.42 Å². The Balaban J connectivity index is 1.77. The van der Waals surface area contributed by atoms with Crippen LogP contribution in [0.3, 0.4) is 0 Å². The van der Waals surface area contributed by atoms with Crippen LogP contribution in [-0.2, 0) is 19.4 Å². The molecule has 5 heteroatoms. The summed E-state index contributed by atoms with van der Waals surface area (Å²) in [4.78, 5) is 27.2. The fraction of sp³-hybridized carbons (Fsp3) is 0.250. The van der Waals surface area contributed by atoms with E-state index in [1.54, 1.807) is 48.5 Å². The first-order chi connectivity index (χ1) is 13.9. The molecule has 0 aliphatic heterocycles. The maximum atomic E-state index is 14.0. The van der Waals surface area contributed by atoms with E-state index in [1.807, 2.05) is 25.1 Å². The van der Waals surface area contributed by atoms with Crippen molar-refractivity contribution < 1.29 is 18.0 Å². The van der Waals surface area contributed by atoms with Gasteiger partial charge in [-0.3, -0.25) is 9.59 Å². The van der Waals surface area contributed by atoms with E-state index in [9.17, 15) is 18.0 Å². The molecule has 0 amide bonds. The molecule has 3 aliphatic rings. The van der Waals surface area contributed by atoms with E-state index < -0.39 is 32.2 Å². The summed E-state index contributed by atoms with van der Waals surface area (Å²) < 4.78 is 26.2. The summed E-state index contributed by atoms with van der Waals surface area (Å²) >= 11 is 0. The minimum Gasteiger partial charge on any atom is -0.294 e. The van der Waals surface area contributed by atoms with Crippen LogP contribution in [0.2, 0.25) is 0 Å². The predicted octanol–water partition coefficient (Wildman–Crippen LogP) is 3.57. The molecule has 0 saturated heterocycles. The van der Waals surface area contributed by atoms with Gasteiger partial charge < -0.3 is 0 Å². The summed E-state index contributed by atoms with van der Waals surface area (Å²) in [6.07, 6.45) is 5.61. The molecular formula is C24H20O4S. The number of fused-ring (bicyclic) bond motifs is 5. The van der Waals surface area contributed by atoms with Gasteiger partial charge in [0.1, 0.15) is 0 Å². The first kappa shape index (κ1) is 18.3. The lowest BCUT2D eigenvalue weighted by Crippen LogP contribution is -2.59. The molecule has 4 atom stereocenters. The van der Waals surface area contributed by atoms with Crippen LogP contribution in [0.25, 0.3) is 5.57 Å². The molecule has 29 heavy (non-hydrogen) atoms. The topological polar surface area (TPSA) is 68.3 Å². The molecule has 2 aromatic carbocycles. The molecule has 0 spiro atoms. The van der Waals surface area contributed by atoms with Gasteiger partial charge in [-0.1, -0.05) is 60.2 Å². The fourth-order valence-corrected chi connectivity index (χ4v) is 7.75. The summed E-state index contributed by atoms with van der Waals surface area (Å²) in [7, 11) is -4.09. The van der Waals surface area contributed by atoms with E-state index in [1.165, 1.54) is 6.08 Å². The zero-order valence-corrected chi connectivity index (χ0v) is 16.7. The van der Waals surface area contributed by atoms with Gasteiger partial charge in [-0.2, -0.15) is 0 Å². The van der Waals surface area contributed by atoms with Gasteiger partial charge in [0.25, 0.3) is 0 Å². The highest BCUT2D eigenvalue weighted by Crippen LogP contribution is 2.59. The smallest absolute Gasteiger partial charge is 0.192 e. The van der Waals surface area contributed by atoms with Crippen molar-refractivity contribution in [3.05, 3.63) is 84.0 Å². The molecule has 0 aromatic heterocycles. The van der Waals surface area contributed by atoms with Crippen molar-refractivity contribution in [2.45, 2.75) is 23.0 Å². The Kier molecular flexibility index (Phi) is 3.84. The predicted molar refractivity (Wildman–Crippen MR) is 110 cm³/mol. The van der Waals surface area contributed by atoms with Crippen LogP contribution in [0.5, 0.6) is 0 Å². The summed E-state index contributed by atoms with van der Waals surface area (Å²) in [5.74, 6) is -2.29. The number of aryl methyl sites for hydroxylation is 1. The molecule has 146 valence electrons. The van der Waals surface area contributed by atoms with Gasteiger partial charge in [0.05, 0.1) is 10.8 Å². The minimum absolute atomic E-state index is 0.101. The Hall–Kier alpha value is -2.79. The second-order valence-corrected chi connectivity index (χ2v) is 10.3. The molecule has 2 aromatic rings. The van der Waals surface area contributed by atoms with Crippen molar-refractivity contribution in [3.8, 4) is 0 Å². The number of hydrogen-bond donors (Lipinski definition) is 0. The Morgan fingerprint density at radius 2 is 1.62 bits per heavy atom. The number of benzene rings is 2. The maximum absolute atomic E-state index is 14.0. The fourth-order valence-electron chi connectivity index (χ4n) is 5.31. The van der Waals surface area contributed by atoms with Crippen molar-refractivity contribution in [1.82, 2.24) is 0 Å². The van der Waals surface area contributed by atoms with E-state index in [-0.39, 0.29) is 22.2 Å². The molecule has 2 bridgehead atoms. The molecule has 1 saturated carbocycles. The van der Waals surface area contributed by atoms with Crippen LogP contribution in [-0.4, -0.2) is 24.7 Å². The Bertz CT molecular complexity index is 1190. The Morgan fingerprint density at radius 1 is 0.931 bits per heavy atom. The van der Waals surface area contributed by atoms with Gasteiger partial charge in [-0.15, -0.1) is 0 Å². The van der Waals surface area contributed by atoms with Gasteiger partial charge in [-0.05, 0) is 43.0 Å². The van der Waals surface area contributed by atoms with Crippen molar-refractivity contribution in [2.75, 3.05) is 0 Å². The van der Waals surface area contributed by atoms with E-state index in [0.29, 0.717) is 12.0 Å². The molecule has 0 N–H and O–H groups in total. The van der Waals surface area contributed by atoms with Gasteiger partial charge in [0, 0.05) is 11.5 Å². The third-order valence-corrected chi connectivity index (χ3v) is 9.14. The molecule has 0 radical (unpaired) electrons. The first-order valence-corrected chi connectivity index (χ1v) is 11.2. The van der Waals surface area contributed by atoms with E-state index in [4.69, 9.17) is 0 Å². The van der Waals surface area contributed by atoms with E-state index in [2.05, 4.69) is 0 Å². The number of sulfone groups is 1. The van der Waals surface area contributed by atoms with Gasteiger partial charge in [0.2, 0.25) is 0 Å². The largest absolute Gasteiger partial charge is 0.294 e. The number of hydrogen-bond acceptors (Lipinski definition) is 4. The van der Waals surface area contributed by atoms with Gasteiger partial charge in [0.15, 0.2) is 26.2 Å². The molecule has 1 fully saturated rings.